The Balaban J connectivity index is 1.40. The van der Waals surface area contributed by atoms with E-state index in [1.807, 2.05) is 6.92 Å². The van der Waals surface area contributed by atoms with E-state index >= 15 is 0 Å². The molecule has 0 radical (unpaired) electrons. The van der Waals surface area contributed by atoms with Crippen LogP contribution in [0.5, 0.6) is 0 Å². The van der Waals surface area contributed by atoms with E-state index in [-0.39, 0.29) is 0 Å². The minimum absolute atomic E-state index is 0.429. The third-order valence-corrected chi connectivity index (χ3v) is 5.18. The fraction of sp³-hybridized carbons (Fsp3) is 0.667. The van der Waals surface area contributed by atoms with Gasteiger partial charge in [0.15, 0.2) is 0 Å². The predicted molar refractivity (Wildman–Crippen MR) is 89.4 cm³/mol. The van der Waals surface area contributed by atoms with E-state index in [1.54, 1.807) is 0 Å². The summed E-state index contributed by atoms with van der Waals surface area (Å²) >= 11 is 6.21. The first-order valence-corrected chi connectivity index (χ1v) is 8.75. The van der Waals surface area contributed by atoms with Gasteiger partial charge in [-0.05, 0) is 43.4 Å². The zero-order valence-corrected chi connectivity index (χ0v) is 14.1. The largest absolute Gasteiger partial charge is 0.381 e. The standard InChI is InChI=1S/C18H26ClNO2/c1-14-2-3-15(10-18(14)19)11-20-7-4-17(5-8-20)22-13-16-6-9-21-12-16/h2-3,10,16-17H,4-9,11-13H2,1H3. The van der Waals surface area contributed by atoms with Gasteiger partial charge in [-0.15, -0.1) is 0 Å². The molecule has 2 aliphatic rings. The normalized spacial score (nSPS) is 24.0. The Bertz CT molecular complexity index is 480. The van der Waals surface area contributed by atoms with Crippen LogP contribution in [0.1, 0.15) is 30.4 Å². The van der Waals surface area contributed by atoms with Crippen LogP contribution in [0, 0.1) is 12.8 Å². The molecule has 2 heterocycles. The second kappa shape index (κ2) is 7.78. The van der Waals surface area contributed by atoms with Crippen molar-refractivity contribution in [1.29, 1.82) is 0 Å². The van der Waals surface area contributed by atoms with Crippen molar-refractivity contribution in [3.8, 4) is 0 Å². The van der Waals surface area contributed by atoms with Crippen molar-refractivity contribution in [2.75, 3.05) is 32.9 Å². The van der Waals surface area contributed by atoms with Crippen LogP contribution >= 0.6 is 11.6 Å². The fourth-order valence-electron chi connectivity index (χ4n) is 3.21. The summed E-state index contributed by atoms with van der Waals surface area (Å²) in [7, 11) is 0. The van der Waals surface area contributed by atoms with Crippen molar-refractivity contribution in [3.05, 3.63) is 34.3 Å². The monoisotopic (exact) mass is 323 g/mol. The first-order valence-electron chi connectivity index (χ1n) is 8.37. The van der Waals surface area contributed by atoms with Crippen molar-refractivity contribution in [3.63, 3.8) is 0 Å². The molecule has 22 heavy (non-hydrogen) atoms. The number of rotatable bonds is 5. The van der Waals surface area contributed by atoms with Crippen LogP contribution in [0.2, 0.25) is 5.02 Å². The molecule has 2 aliphatic heterocycles. The molecule has 1 unspecified atom stereocenters. The summed E-state index contributed by atoms with van der Waals surface area (Å²) in [4.78, 5) is 2.50. The van der Waals surface area contributed by atoms with Crippen molar-refractivity contribution < 1.29 is 9.47 Å². The number of likely N-dealkylation sites (tertiary alicyclic amines) is 1. The summed E-state index contributed by atoms with van der Waals surface area (Å²) < 4.78 is 11.5. The van der Waals surface area contributed by atoms with Crippen molar-refractivity contribution >= 4 is 11.6 Å². The molecule has 0 spiro atoms. The quantitative estimate of drug-likeness (QED) is 0.825. The summed E-state index contributed by atoms with van der Waals surface area (Å²) in [6.45, 7) is 7.92. The third-order valence-electron chi connectivity index (χ3n) is 4.77. The van der Waals surface area contributed by atoms with Crippen LogP contribution in [-0.2, 0) is 16.0 Å². The zero-order valence-electron chi connectivity index (χ0n) is 13.4. The predicted octanol–water partition coefficient (Wildman–Crippen LogP) is 3.67. The van der Waals surface area contributed by atoms with E-state index in [2.05, 4.69) is 23.1 Å². The van der Waals surface area contributed by atoms with Gasteiger partial charge in [-0.25, -0.2) is 0 Å². The lowest BCUT2D eigenvalue weighted by Gasteiger charge is -2.32. The number of benzene rings is 1. The third kappa shape index (κ3) is 4.45. The molecule has 2 fully saturated rings. The number of ether oxygens (including phenoxy) is 2. The van der Waals surface area contributed by atoms with Gasteiger partial charge >= 0.3 is 0 Å². The Morgan fingerprint density at radius 3 is 2.77 bits per heavy atom. The Kier molecular flexibility index (Phi) is 5.75. The summed E-state index contributed by atoms with van der Waals surface area (Å²) in [5, 5.41) is 0.870. The average Bonchev–Trinajstić information content (AvgIpc) is 3.04. The fourth-order valence-corrected chi connectivity index (χ4v) is 3.42. The lowest BCUT2D eigenvalue weighted by atomic mass is 10.1. The number of piperidine rings is 1. The summed E-state index contributed by atoms with van der Waals surface area (Å²) in [6.07, 6.45) is 3.85. The van der Waals surface area contributed by atoms with Gasteiger partial charge in [0, 0.05) is 37.2 Å². The average molecular weight is 324 g/mol. The molecule has 1 aromatic carbocycles. The van der Waals surface area contributed by atoms with Crippen LogP contribution in [0.3, 0.4) is 0 Å². The summed E-state index contributed by atoms with van der Waals surface area (Å²) in [5.41, 5.74) is 2.45. The van der Waals surface area contributed by atoms with Crippen molar-refractivity contribution in [2.45, 2.75) is 38.8 Å². The molecule has 0 aliphatic carbocycles. The second-order valence-corrected chi connectivity index (χ2v) is 7.03. The molecule has 0 aromatic heterocycles. The van der Waals surface area contributed by atoms with Gasteiger partial charge in [0.25, 0.3) is 0 Å². The van der Waals surface area contributed by atoms with E-state index in [1.165, 1.54) is 5.56 Å². The maximum Gasteiger partial charge on any atom is 0.0599 e. The molecule has 3 rings (SSSR count). The second-order valence-electron chi connectivity index (χ2n) is 6.62. The molecule has 3 nitrogen and oxygen atoms in total. The van der Waals surface area contributed by atoms with Crippen LogP contribution in [-0.4, -0.2) is 43.9 Å². The van der Waals surface area contributed by atoms with Crippen LogP contribution in [0.25, 0.3) is 0 Å². The molecule has 122 valence electrons. The van der Waals surface area contributed by atoms with Gasteiger partial charge in [-0.3, -0.25) is 4.90 Å². The van der Waals surface area contributed by atoms with Gasteiger partial charge in [0.05, 0.1) is 19.3 Å². The highest BCUT2D eigenvalue weighted by atomic mass is 35.5. The smallest absolute Gasteiger partial charge is 0.0599 e. The molecule has 0 bridgehead atoms. The van der Waals surface area contributed by atoms with Crippen LogP contribution in [0.15, 0.2) is 18.2 Å². The Morgan fingerprint density at radius 2 is 2.09 bits per heavy atom. The molecule has 4 heteroatoms. The van der Waals surface area contributed by atoms with Crippen molar-refractivity contribution in [2.24, 2.45) is 5.92 Å². The minimum Gasteiger partial charge on any atom is -0.381 e. The number of aryl methyl sites for hydroxylation is 1. The molecule has 2 saturated heterocycles. The van der Waals surface area contributed by atoms with E-state index in [0.29, 0.717) is 12.0 Å². The Hall–Kier alpha value is -0.610. The molecule has 1 atom stereocenters. The lowest BCUT2D eigenvalue weighted by molar-refractivity contribution is -0.0116. The van der Waals surface area contributed by atoms with Gasteiger partial charge in [0.2, 0.25) is 0 Å². The summed E-state index contributed by atoms with van der Waals surface area (Å²) in [6, 6.07) is 6.39. The molecule has 0 saturated carbocycles. The molecular formula is C18H26ClNO2. The Labute approximate surface area is 138 Å². The maximum absolute atomic E-state index is 6.21. The lowest BCUT2D eigenvalue weighted by Crippen LogP contribution is -2.37. The molecule has 0 N–H and O–H groups in total. The van der Waals surface area contributed by atoms with E-state index in [0.717, 1.165) is 69.3 Å². The van der Waals surface area contributed by atoms with Gasteiger partial charge in [-0.1, -0.05) is 23.7 Å². The number of hydrogen-bond acceptors (Lipinski definition) is 3. The van der Waals surface area contributed by atoms with Crippen LogP contribution < -0.4 is 0 Å². The molecule has 0 amide bonds. The highest BCUT2D eigenvalue weighted by Crippen LogP contribution is 2.21. The van der Waals surface area contributed by atoms with E-state index in [9.17, 15) is 0 Å². The first kappa shape index (κ1) is 16.3. The van der Waals surface area contributed by atoms with E-state index < -0.39 is 0 Å². The molecular weight excluding hydrogens is 298 g/mol. The SMILES string of the molecule is Cc1ccc(CN2CCC(OCC3CCOC3)CC2)cc1Cl. The number of nitrogens with zero attached hydrogens (tertiary/aromatic N) is 1. The highest BCUT2D eigenvalue weighted by Gasteiger charge is 2.22. The summed E-state index contributed by atoms with van der Waals surface area (Å²) in [5.74, 6) is 0.618. The van der Waals surface area contributed by atoms with Crippen molar-refractivity contribution in [1.82, 2.24) is 4.90 Å². The van der Waals surface area contributed by atoms with E-state index in [4.69, 9.17) is 21.1 Å². The zero-order chi connectivity index (χ0) is 15.4. The minimum atomic E-state index is 0.429. The molecule has 1 aromatic rings. The number of halogens is 1. The van der Waals surface area contributed by atoms with Gasteiger partial charge in [0.1, 0.15) is 0 Å². The first-order chi connectivity index (χ1) is 10.7. The van der Waals surface area contributed by atoms with Gasteiger partial charge in [-0.2, -0.15) is 0 Å². The topological polar surface area (TPSA) is 21.7 Å². The van der Waals surface area contributed by atoms with Crippen LogP contribution in [0.4, 0.5) is 0 Å². The maximum atomic E-state index is 6.21. The highest BCUT2D eigenvalue weighted by molar-refractivity contribution is 6.31. The van der Waals surface area contributed by atoms with Gasteiger partial charge < -0.3 is 9.47 Å². The Morgan fingerprint density at radius 1 is 1.27 bits per heavy atom. The number of hydrogen-bond donors (Lipinski definition) is 0.